The van der Waals surface area contributed by atoms with E-state index in [2.05, 4.69) is 0 Å². The molecule has 0 saturated carbocycles. The van der Waals surface area contributed by atoms with E-state index in [1.165, 1.54) is 0 Å². The molecule has 0 atom stereocenters. The number of rotatable bonds is 3. The van der Waals surface area contributed by atoms with Gasteiger partial charge in [0, 0.05) is 6.92 Å². The predicted molar refractivity (Wildman–Crippen MR) is 39.6 cm³/mol. The molecule has 0 aliphatic heterocycles. The van der Waals surface area contributed by atoms with E-state index in [1.54, 1.807) is 6.07 Å². The number of ketones is 1. The van der Waals surface area contributed by atoms with Crippen LogP contribution in [0.15, 0.2) is 0 Å². The summed E-state index contributed by atoms with van der Waals surface area (Å²) in [6, 6.07) is 1.56. The topological polar surface area (TPSA) is 40.9 Å². The third-order valence-corrected chi connectivity index (χ3v) is 2.03. The highest BCUT2D eigenvalue weighted by molar-refractivity contribution is 5.86. The summed E-state index contributed by atoms with van der Waals surface area (Å²) in [6.07, 6.45) is -0.462. The van der Waals surface area contributed by atoms with Crippen molar-refractivity contribution in [1.29, 1.82) is 5.26 Å². The number of halogens is 2. The van der Waals surface area contributed by atoms with Gasteiger partial charge in [-0.15, -0.1) is 0 Å². The Morgan fingerprint density at radius 2 is 1.83 bits per heavy atom. The van der Waals surface area contributed by atoms with Crippen LogP contribution in [0.2, 0.25) is 0 Å². The molecule has 0 aliphatic rings. The van der Waals surface area contributed by atoms with Crippen molar-refractivity contribution in [2.75, 3.05) is 0 Å². The van der Waals surface area contributed by atoms with Crippen molar-refractivity contribution in [3.63, 3.8) is 0 Å². The predicted octanol–water partition coefficient (Wildman–Crippen LogP) is 2.15. The van der Waals surface area contributed by atoms with Crippen molar-refractivity contribution >= 4 is 5.78 Å². The van der Waals surface area contributed by atoms with Crippen molar-refractivity contribution in [1.82, 2.24) is 0 Å². The minimum atomic E-state index is -3.08. The summed E-state index contributed by atoms with van der Waals surface area (Å²) in [5, 5.41) is 8.15. The van der Waals surface area contributed by atoms with Gasteiger partial charge in [-0.25, -0.2) is 8.78 Å². The first-order valence-corrected chi connectivity index (χ1v) is 3.51. The normalized spacial score (nSPS) is 12.3. The van der Waals surface area contributed by atoms with Gasteiger partial charge in [0.05, 0.1) is 17.9 Å². The van der Waals surface area contributed by atoms with Gasteiger partial charge in [0.25, 0.3) is 5.92 Å². The first kappa shape index (κ1) is 11.0. The van der Waals surface area contributed by atoms with Gasteiger partial charge >= 0.3 is 0 Å². The lowest BCUT2D eigenvalue weighted by Gasteiger charge is -2.28. The Hall–Kier alpha value is -0.980. The minimum Gasteiger partial charge on any atom is -0.298 e. The molecule has 4 heteroatoms. The maximum absolute atomic E-state index is 12.7. The Kier molecular flexibility index (Phi) is 2.92. The second-order valence-corrected chi connectivity index (χ2v) is 3.27. The van der Waals surface area contributed by atoms with Gasteiger partial charge < -0.3 is 0 Å². The van der Waals surface area contributed by atoms with Crippen LogP contribution in [0.3, 0.4) is 0 Å². The minimum absolute atomic E-state index is 0.462. The fourth-order valence-corrected chi connectivity index (χ4v) is 0.538. The van der Waals surface area contributed by atoms with Crippen LogP contribution in [-0.2, 0) is 4.79 Å². The molecule has 0 saturated heterocycles. The quantitative estimate of drug-likeness (QED) is 0.659. The molecular weight excluding hydrogens is 164 g/mol. The van der Waals surface area contributed by atoms with Crippen molar-refractivity contribution in [3.8, 4) is 6.07 Å². The van der Waals surface area contributed by atoms with Gasteiger partial charge in [0.1, 0.15) is 0 Å². The Balaban J connectivity index is 4.64. The molecule has 0 amide bonds. The second-order valence-electron chi connectivity index (χ2n) is 3.27. The van der Waals surface area contributed by atoms with E-state index in [0.717, 1.165) is 13.8 Å². The standard InChI is InChI=1S/C8H11F2NO/c1-7(2,8(3,9)10)6(12)4-5-11/h4H2,1-3H3. The van der Waals surface area contributed by atoms with E-state index < -0.39 is 23.5 Å². The number of hydrogen-bond acceptors (Lipinski definition) is 2. The fraction of sp³-hybridized carbons (Fsp3) is 0.750. The van der Waals surface area contributed by atoms with Crippen LogP contribution < -0.4 is 0 Å². The van der Waals surface area contributed by atoms with Crippen molar-refractivity contribution < 1.29 is 13.6 Å². The summed E-state index contributed by atoms with van der Waals surface area (Å²) in [7, 11) is 0. The Morgan fingerprint density at radius 3 is 2.08 bits per heavy atom. The molecule has 0 fully saturated rings. The molecule has 0 aliphatic carbocycles. The SMILES string of the molecule is CC(F)(F)C(C)(C)C(=O)CC#N. The summed E-state index contributed by atoms with van der Waals surface area (Å²) in [4.78, 5) is 11.0. The number of carbonyl (C=O) groups excluding carboxylic acids is 1. The molecular formula is C8H11F2NO. The van der Waals surface area contributed by atoms with E-state index in [1.807, 2.05) is 0 Å². The molecule has 0 aromatic heterocycles. The molecule has 12 heavy (non-hydrogen) atoms. The number of carbonyl (C=O) groups is 1. The van der Waals surface area contributed by atoms with Crippen LogP contribution in [0.5, 0.6) is 0 Å². The van der Waals surface area contributed by atoms with Crippen LogP contribution in [0, 0.1) is 16.7 Å². The zero-order valence-corrected chi connectivity index (χ0v) is 7.32. The molecule has 68 valence electrons. The summed E-state index contributed by atoms with van der Waals surface area (Å²) < 4.78 is 25.5. The molecule has 0 aromatic carbocycles. The second kappa shape index (κ2) is 3.18. The first-order valence-electron chi connectivity index (χ1n) is 3.51. The highest BCUT2D eigenvalue weighted by Crippen LogP contribution is 2.37. The highest BCUT2D eigenvalue weighted by Gasteiger charge is 2.47. The number of Topliss-reactive ketones (excluding diaryl/α,β-unsaturated/α-hetero) is 1. The average Bonchev–Trinajstić information content (AvgIpc) is 1.85. The molecule has 0 rings (SSSR count). The zero-order valence-electron chi connectivity index (χ0n) is 7.32. The number of nitrogens with zero attached hydrogens (tertiary/aromatic N) is 1. The molecule has 0 aromatic rings. The summed E-state index contributed by atoms with van der Waals surface area (Å²) >= 11 is 0. The maximum atomic E-state index is 12.7. The molecule has 0 unspecified atom stereocenters. The van der Waals surface area contributed by atoms with Crippen molar-refractivity contribution in [2.24, 2.45) is 5.41 Å². The van der Waals surface area contributed by atoms with E-state index in [4.69, 9.17) is 5.26 Å². The van der Waals surface area contributed by atoms with Crippen LogP contribution in [-0.4, -0.2) is 11.7 Å². The monoisotopic (exact) mass is 175 g/mol. The van der Waals surface area contributed by atoms with Gasteiger partial charge in [0.2, 0.25) is 0 Å². The summed E-state index contributed by atoms with van der Waals surface area (Å²) in [6.45, 7) is 2.97. The van der Waals surface area contributed by atoms with Crippen LogP contribution in [0.4, 0.5) is 8.78 Å². The van der Waals surface area contributed by atoms with E-state index in [-0.39, 0.29) is 0 Å². The molecule has 0 spiro atoms. The first-order chi connectivity index (χ1) is 5.23. The van der Waals surface area contributed by atoms with E-state index in [0.29, 0.717) is 6.92 Å². The van der Waals surface area contributed by atoms with E-state index >= 15 is 0 Å². The van der Waals surface area contributed by atoms with Crippen LogP contribution in [0.25, 0.3) is 0 Å². The third-order valence-electron chi connectivity index (χ3n) is 2.03. The number of alkyl halides is 2. The van der Waals surface area contributed by atoms with Gasteiger partial charge in [0.15, 0.2) is 5.78 Å². The number of nitriles is 1. The smallest absolute Gasteiger partial charge is 0.257 e. The van der Waals surface area contributed by atoms with E-state index in [9.17, 15) is 13.6 Å². The Morgan fingerprint density at radius 1 is 1.42 bits per heavy atom. The Labute approximate surface area is 70.2 Å². The zero-order chi connectivity index (χ0) is 9.99. The fourth-order valence-electron chi connectivity index (χ4n) is 0.538. The highest BCUT2D eigenvalue weighted by atomic mass is 19.3. The van der Waals surface area contributed by atoms with Crippen molar-refractivity contribution in [2.45, 2.75) is 33.1 Å². The molecule has 0 bridgehead atoms. The van der Waals surface area contributed by atoms with Crippen LogP contribution in [0.1, 0.15) is 27.2 Å². The van der Waals surface area contributed by atoms with Gasteiger partial charge in [-0.05, 0) is 13.8 Å². The largest absolute Gasteiger partial charge is 0.298 e. The summed E-state index contributed by atoms with van der Waals surface area (Å²) in [5.74, 6) is -3.81. The van der Waals surface area contributed by atoms with Gasteiger partial charge in [-0.2, -0.15) is 5.26 Å². The van der Waals surface area contributed by atoms with Gasteiger partial charge in [-0.3, -0.25) is 4.79 Å². The summed E-state index contributed by atoms with van der Waals surface area (Å²) in [5.41, 5.74) is -1.75. The Bertz CT molecular complexity index is 222. The third kappa shape index (κ3) is 2.00. The lowest BCUT2D eigenvalue weighted by atomic mass is 9.81. The molecule has 2 nitrogen and oxygen atoms in total. The number of hydrogen-bond donors (Lipinski definition) is 0. The van der Waals surface area contributed by atoms with Crippen molar-refractivity contribution in [3.05, 3.63) is 0 Å². The lowest BCUT2D eigenvalue weighted by Crippen LogP contribution is -2.40. The average molecular weight is 175 g/mol. The lowest BCUT2D eigenvalue weighted by molar-refractivity contribution is -0.148. The van der Waals surface area contributed by atoms with Gasteiger partial charge in [-0.1, -0.05) is 0 Å². The molecule has 0 heterocycles. The molecule has 0 N–H and O–H groups in total. The van der Waals surface area contributed by atoms with Crippen LogP contribution >= 0.6 is 0 Å². The molecule has 0 radical (unpaired) electrons. The maximum Gasteiger partial charge on any atom is 0.257 e.